The Morgan fingerprint density at radius 1 is 1.50 bits per heavy atom. The van der Waals surface area contributed by atoms with Gasteiger partial charge in [-0.1, -0.05) is 0 Å². The Bertz CT molecular complexity index is 441. The highest BCUT2D eigenvalue weighted by Crippen LogP contribution is 2.21. The molecule has 0 radical (unpaired) electrons. The van der Waals surface area contributed by atoms with Gasteiger partial charge in [0.1, 0.15) is 6.61 Å². The minimum Gasteiger partial charge on any atom is -0.474 e. The quantitative estimate of drug-likeness (QED) is 0.741. The van der Waals surface area contributed by atoms with Crippen molar-refractivity contribution >= 4 is 22.0 Å². The lowest BCUT2D eigenvalue weighted by atomic mass is 10.1. The number of halogens is 1. The maximum atomic E-state index is 11.7. The van der Waals surface area contributed by atoms with Crippen molar-refractivity contribution < 1.29 is 14.3 Å². The number of ether oxygens (including phenoxy) is 2. The van der Waals surface area contributed by atoms with Crippen molar-refractivity contribution in [2.75, 3.05) is 26.9 Å². The first-order chi connectivity index (χ1) is 9.44. The fourth-order valence-electron chi connectivity index (χ4n) is 1.38. The summed E-state index contributed by atoms with van der Waals surface area (Å²) in [5.41, 5.74) is -0.520. The molecule has 1 aromatic rings. The van der Waals surface area contributed by atoms with Crippen LogP contribution in [-0.2, 0) is 4.74 Å². The molecule has 0 aromatic carbocycles. The van der Waals surface area contributed by atoms with E-state index in [0.29, 0.717) is 25.6 Å². The van der Waals surface area contributed by atoms with Crippen molar-refractivity contribution in [3.05, 3.63) is 22.8 Å². The minimum atomic E-state index is -0.520. The Kier molecular flexibility index (Phi) is 6.74. The van der Waals surface area contributed by atoms with Gasteiger partial charge in [0.2, 0.25) is 5.88 Å². The number of rotatable bonds is 7. The fourth-order valence-corrected chi connectivity index (χ4v) is 1.75. The SMILES string of the molecule is COCCNC(=O)NC(C)(C)COc1ncccc1Br. The summed E-state index contributed by atoms with van der Waals surface area (Å²) in [6.07, 6.45) is 1.65. The molecule has 112 valence electrons. The van der Waals surface area contributed by atoms with Gasteiger partial charge in [0.05, 0.1) is 16.6 Å². The molecule has 0 bridgehead atoms. The first-order valence-electron chi connectivity index (χ1n) is 6.23. The molecule has 2 amide bonds. The summed E-state index contributed by atoms with van der Waals surface area (Å²) in [5.74, 6) is 0.502. The van der Waals surface area contributed by atoms with Crippen LogP contribution in [0.2, 0.25) is 0 Å². The Morgan fingerprint density at radius 2 is 2.25 bits per heavy atom. The molecule has 20 heavy (non-hydrogen) atoms. The average molecular weight is 346 g/mol. The van der Waals surface area contributed by atoms with Crippen molar-refractivity contribution in [1.82, 2.24) is 15.6 Å². The number of nitrogens with one attached hydrogen (secondary N) is 2. The first-order valence-corrected chi connectivity index (χ1v) is 7.02. The van der Waals surface area contributed by atoms with Crippen molar-refractivity contribution in [2.45, 2.75) is 19.4 Å². The van der Waals surface area contributed by atoms with E-state index in [0.717, 1.165) is 4.47 Å². The molecule has 1 aromatic heterocycles. The highest BCUT2D eigenvalue weighted by molar-refractivity contribution is 9.10. The molecule has 0 spiro atoms. The van der Waals surface area contributed by atoms with E-state index < -0.39 is 5.54 Å². The van der Waals surface area contributed by atoms with Crippen LogP contribution >= 0.6 is 15.9 Å². The van der Waals surface area contributed by atoms with Crippen LogP contribution in [0.3, 0.4) is 0 Å². The third-order valence-electron chi connectivity index (χ3n) is 2.34. The maximum absolute atomic E-state index is 11.7. The topological polar surface area (TPSA) is 72.5 Å². The van der Waals surface area contributed by atoms with Gasteiger partial charge in [-0.3, -0.25) is 0 Å². The summed E-state index contributed by atoms with van der Waals surface area (Å²) in [6, 6.07) is 3.40. The van der Waals surface area contributed by atoms with Crippen LogP contribution in [0, 0.1) is 0 Å². The number of urea groups is 1. The largest absolute Gasteiger partial charge is 0.474 e. The molecule has 1 heterocycles. The number of aromatic nitrogens is 1. The molecule has 0 fully saturated rings. The first kappa shape index (κ1) is 16.7. The number of pyridine rings is 1. The zero-order valence-electron chi connectivity index (χ0n) is 11.9. The van der Waals surface area contributed by atoms with Gasteiger partial charge in [-0.05, 0) is 41.9 Å². The molecule has 0 aliphatic carbocycles. The minimum absolute atomic E-state index is 0.254. The van der Waals surface area contributed by atoms with Gasteiger partial charge in [-0.2, -0.15) is 0 Å². The summed E-state index contributed by atoms with van der Waals surface area (Å²) in [4.78, 5) is 15.8. The van der Waals surface area contributed by atoms with E-state index in [9.17, 15) is 4.79 Å². The van der Waals surface area contributed by atoms with E-state index in [1.807, 2.05) is 26.0 Å². The molecule has 0 aliphatic rings. The predicted molar refractivity (Wildman–Crippen MR) is 79.9 cm³/mol. The van der Waals surface area contributed by atoms with E-state index in [4.69, 9.17) is 9.47 Å². The molecule has 0 aliphatic heterocycles. The van der Waals surface area contributed by atoms with Crippen molar-refractivity contribution in [3.63, 3.8) is 0 Å². The van der Waals surface area contributed by atoms with Gasteiger partial charge in [0, 0.05) is 19.9 Å². The number of carbonyl (C=O) groups is 1. The highest BCUT2D eigenvalue weighted by atomic mass is 79.9. The summed E-state index contributed by atoms with van der Waals surface area (Å²) in [7, 11) is 1.59. The zero-order valence-corrected chi connectivity index (χ0v) is 13.5. The van der Waals surface area contributed by atoms with Crippen LogP contribution in [-0.4, -0.2) is 43.4 Å². The lowest BCUT2D eigenvalue weighted by Gasteiger charge is -2.26. The monoisotopic (exact) mass is 345 g/mol. The molecular weight excluding hydrogens is 326 g/mol. The number of methoxy groups -OCH3 is 1. The van der Waals surface area contributed by atoms with Gasteiger partial charge < -0.3 is 20.1 Å². The molecule has 0 saturated heterocycles. The smallest absolute Gasteiger partial charge is 0.315 e. The molecule has 2 N–H and O–H groups in total. The standard InChI is InChI=1S/C13H20BrN3O3/c1-13(2,17-12(18)16-7-8-19-3)9-20-11-10(14)5-4-6-15-11/h4-6H,7-9H2,1-3H3,(H2,16,17,18). The molecule has 6 nitrogen and oxygen atoms in total. The van der Waals surface area contributed by atoms with E-state index in [1.54, 1.807) is 13.3 Å². The second-order valence-electron chi connectivity index (χ2n) is 4.84. The summed E-state index contributed by atoms with van der Waals surface area (Å²) >= 11 is 3.36. The molecule has 0 unspecified atom stereocenters. The third kappa shape index (κ3) is 6.21. The van der Waals surface area contributed by atoms with Crippen LogP contribution in [0.4, 0.5) is 4.79 Å². The predicted octanol–water partition coefficient (Wildman–Crippen LogP) is 1.95. The van der Waals surface area contributed by atoms with Gasteiger partial charge in [-0.15, -0.1) is 0 Å². The molecule has 7 heteroatoms. The molecule has 0 saturated carbocycles. The number of hydrogen-bond acceptors (Lipinski definition) is 4. The number of nitrogens with zero attached hydrogens (tertiary/aromatic N) is 1. The zero-order chi connectivity index (χ0) is 15.0. The number of carbonyl (C=O) groups excluding carboxylic acids is 1. The Morgan fingerprint density at radius 3 is 2.90 bits per heavy atom. The summed E-state index contributed by atoms with van der Waals surface area (Å²) in [6.45, 7) is 5.00. The normalized spacial score (nSPS) is 11.0. The molecule has 0 atom stereocenters. The maximum Gasteiger partial charge on any atom is 0.315 e. The fraction of sp³-hybridized carbons (Fsp3) is 0.538. The van der Waals surface area contributed by atoms with Crippen molar-refractivity contribution in [3.8, 4) is 5.88 Å². The second kappa shape index (κ2) is 8.06. The third-order valence-corrected chi connectivity index (χ3v) is 2.94. The van der Waals surface area contributed by atoms with Gasteiger partial charge >= 0.3 is 6.03 Å². The lowest BCUT2D eigenvalue weighted by Crippen LogP contribution is -2.52. The van der Waals surface area contributed by atoms with Gasteiger partial charge in [0.15, 0.2) is 0 Å². The Balaban J connectivity index is 2.41. The summed E-state index contributed by atoms with van der Waals surface area (Å²) < 4.78 is 11.2. The van der Waals surface area contributed by atoms with E-state index in [2.05, 4.69) is 31.5 Å². The molecular formula is C13H20BrN3O3. The van der Waals surface area contributed by atoms with E-state index >= 15 is 0 Å². The lowest BCUT2D eigenvalue weighted by molar-refractivity contribution is 0.181. The number of amides is 2. The number of hydrogen-bond donors (Lipinski definition) is 2. The van der Waals surface area contributed by atoms with Crippen LogP contribution in [0.15, 0.2) is 22.8 Å². The van der Waals surface area contributed by atoms with E-state index in [1.165, 1.54) is 0 Å². The van der Waals surface area contributed by atoms with Crippen LogP contribution < -0.4 is 15.4 Å². The Hall–Kier alpha value is -1.34. The van der Waals surface area contributed by atoms with E-state index in [-0.39, 0.29) is 6.03 Å². The van der Waals surface area contributed by atoms with Gasteiger partial charge in [-0.25, -0.2) is 9.78 Å². The van der Waals surface area contributed by atoms with Crippen molar-refractivity contribution in [1.29, 1.82) is 0 Å². The summed E-state index contributed by atoms with van der Waals surface area (Å²) in [5, 5.41) is 5.52. The second-order valence-corrected chi connectivity index (χ2v) is 5.69. The van der Waals surface area contributed by atoms with Crippen LogP contribution in [0.25, 0.3) is 0 Å². The Labute approximate surface area is 127 Å². The van der Waals surface area contributed by atoms with Crippen molar-refractivity contribution in [2.24, 2.45) is 0 Å². The van der Waals surface area contributed by atoms with Gasteiger partial charge in [0.25, 0.3) is 0 Å². The van der Waals surface area contributed by atoms with Crippen LogP contribution in [0.5, 0.6) is 5.88 Å². The van der Waals surface area contributed by atoms with Crippen LogP contribution in [0.1, 0.15) is 13.8 Å². The molecule has 1 rings (SSSR count). The average Bonchev–Trinajstić information content (AvgIpc) is 2.37. The highest BCUT2D eigenvalue weighted by Gasteiger charge is 2.22.